The fourth-order valence-electron chi connectivity index (χ4n) is 2.08. The third kappa shape index (κ3) is 3.17. The first kappa shape index (κ1) is 13.2. The first-order valence-corrected chi connectivity index (χ1v) is 6.25. The monoisotopic (exact) mass is 256 g/mol. The molecule has 0 aliphatic carbocycles. The summed E-state index contributed by atoms with van der Waals surface area (Å²) in [5, 5.41) is 10.6. The van der Waals surface area contributed by atoms with E-state index in [0.717, 1.165) is 24.0 Å². The average molecular weight is 256 g/mol. The van der Waals surface area contributed by atoms with E-state index in [2.05, 4.69) is 6.07 Å². The Morgan fingerprint density at radius 2 is 1.74 bits per heavy atom. The van der Waals surface area contributed by atoms with Crippen molar-refractivity contribution in [2.45, 2.75) is 12.8 Å². The van der Waals surface area contributed by atoms with Gasteiger partial charge in [0, 0.05) is 12.1 Å². The van der Waals surface area contributed by atoms with Crippen molar-refractivity contribution in [2.24, 2.45) is 5.73 Å². The predicted molar refractivity (Wildman–Crippen MR) is 75.9 cm³/mol. The number of aryl methyl sites for hydroxylation is 1. The molecule has 0 aliphatic rings. The molecule has 19 heavy (non-hydrogen) atoms. The summed E-state index contributed by atoms with van der Waals surface area (Å²) in [6, 6.07) is 14.7. The van der Waals surface area contributed by atoms with E-state index in [0.29, 0.717) is 6.54 Å². The molecular weight excluding hydrogens is 240 g/mol. The molecule has 4 heteroatoms. The maximum Gasteiger partial charge on any atom is 0.269 e. The number of rotatable bonds is 5. The highest BCUT2D eigenvalue weighted by Gasteiger charge is 2.07. The molecule has 0 spiro atoms. The minimum absolute atomic E-state index is 0.114. The SMILES string of the molecule is NCCCc1ccccc1-c1ccc([N+](=O)[O-])cc1. The van der Waals surface area contributed by atoms with E-state index >= 15 is 0 Å². The predicted octanol–water partition coefficient (Wildman–Crippen LogP) is 3.15. The number of non-ortho nitro benzene ring substituents is 1. The number of nitro benzene ring substituents is 1. The van der Waals surface area contributed by atoms with E-state index in [1.54, 1.807) is 12.1 Å². The highest BCUT2D eigenvalue weighted by atomic mass is 16.6. The summed E-state index contributed by atoms with van der Waals surface area (Å²) in [4.78, 5) is 10.3. The molecule has 0 radical (unpaired) electrons. The Labute approximate surface area is 112 Å². The fraction of sp³-hybridized carbons (Fsp3) is 0.200. The van der Waals surface area contributed by atoms with E-state index in [1.165, 1.54) is 17.7 Å². The number of hydrogen-bond acceptors (Lipinski definition) is 3. The zero-order valence-corrected chi connectivity index (χ0v) is 10.6. The van der Waals surface area contributed by atoms with Gasteiger partial charge >= 0.3 is 0 Å². The van der Waals surface area contributed by atoms with Crippen LogP contribution in [0.15, 0.2) is 48.5 Å². The van der Waals surface area contributed by atoms with E-state index in [4.69, 9.17) is 5.73 Å². The number of benzene rings is 2. The molecule has 0 aromatic heterocycles. The second-order valence-electron chi connectivity index (χ2n) is 4.35. The molecule has 2 N–H and O–H groups in total. The van der Waals surface area contributed by atoms with Crippen LogP contribution in [0, 0.1) is 10.1 Å². The molecule has 0 saturated heterocycles. The Bertz CT molecular complexity index is 565. The Balaban J connectivity index is 2.32. The van der Waals surface area contributed by atoms with Crippen LogP contribution >= 0.6 is 0 Å². The van der Waals surface area contributed by atoms with Crippen molar-refractivity contribution in [2.75, 3.05) is 6.54 Å². The van der Waals surface area contributed by atoms with Crippen LogP contribution in [0.3, 0.4) is 0 Å². The van der Waals surface area contributed by atoms with Crippen LogP contribution in [0.2, 0.25) is 0 Å². The fourth-order valence-corrected chi connectivity index (χ4v) is 2.08. The number of hydrogen-bond donors (Lipinski definition) is 1. The van der Waals surface area contributed by atoms with Crippen molar-refractivity contribution in [1.82, 2.24) is 0 Å². The molecular formula is C15H16N2O2. The first-order chi connectivity index (χ1) is 9.22. The normalized spacial score (nSPS) is 10.4. The summed E-state index contributed by atoms with van der Waals surface area (Å²) in [7, 11) is 0. The van der Waals surface area contributed by atoms with E-state index < -0.39 is 0 Å². The molecule has 0 fully saturated rings. The minimum atomic E-state index is -0.385. The van der Waals surface area contributed by atoms with E-state index in [-0.39, 0.29) is 10.6 Å². The molecule has 2 rings (SSSR count). The third-order valence-electron chi connectivity index (χ3n) is 3.06. The zero-order chi connectivity index (χ0) is 13.7. The number of nitrogens with two attached hydrogens (primary N) is 1. The van der Waals surface area contributed by atoms with Crippen LogP contribution < -0.4 is 5.73 Å². The van der Waals surface area contributed by atoms with Gasteiger partial charge in [-0.05, 0) is 48.2 Å². The minimum Gasteiger partial charge on any atom is -0.330 e. The van der Waals surface area contributed by atoms with Crippen LogP contribution in [0.1, 0.15) is 12.0 Å². The highest BCUT2D eigenvalue weighted by Crippen LogP contribution is 2.26. The van der Waals surface area contributed by atoms with Gasteiger partial charge in [0.15, 0.2) is 0 Å². The van der Waals surface area contributed by atoms with Gasteiger partial charge in [-0.2, -0.15) is 0 Å². The van der Waals surface area contributed by atoms with Gasteiger partial charge < -0.3 is 5.73 Å². The zero-order valence-electron chi connectivity index (χ0n) is 10.6. The lowest BCUT2D eigenvalue weighted by Crippen LogP contribution is -2.01. The van der Waals surface area contributed by atoms with Crippen LogP contribution in [0.5, 0.6) is 0 Å². The molecule has 4 nitrogen and oxygen atoms in total. The van der Waals surface area contributed by atoms with Crippen LogP contribution in [-0.4, -0.2) is 11.5 Å². The van der Waals surface area contributed by atoms with Crippen molar-refractivity contribution in [1.29, 1.82) is 0 Å². The lowest BCUT2D eigenvalue weighted by molar-refractivity contribution is -0.384. The quantitative estimate of drug-likeness (QED) is 0.660. The standard InChI is InChI=1S/C15H16N2O2/c16-11-3-5-12-4-1-2-6-15(12)13-7-9-14(10-8-13)17(18)19/h1-2,4,6-10H,3,5,11,16H2. The van der Waals surface area contributed by atoms with Gasteiger partial charge in [0.1, 0.15) is 0 Å². The van der Waals surface area contributed by atoms with Crippen LogP contribution in [0.4, 0.5) is 5.69 Å². The summed E-state index contributed by atoms with van der Waals surface area (Å²) in [6.07, 6.45) is 1.85. The molecule has 0 amide bonds. The van der Waals surface area contributed by atoms with E-state index in [9.17, 15) is 10.1 Å². The van der Waals surface area contributed by atoms with Crippen molar-refractivity contribution >= 4 is 5.69 Å². The average Bonchev–Trinajstić information content (AvgIpc) is 2.45. The van der Waals surface area contributed by atoms with Crippen molar-refractivity contribution in [3.05, 3.63) is 64.2 Å². The second kappa shape index (κ2) is 6.11. The van der Waals surface area contributed by atoms with Gasteiger partial charge in [0.2, 0.25) is 0 Å². The summed E-state index contributed by atoms with van der Waals surface area (Å²) >= 11 is 0. The Hall–Kier alpha value is -2.20. The lowest BCUT2D eigenvalue weighted by Gasteiger charge is -2.09. The molecule has 0 saturated carbocycles. The maximum atomic E-state index is 10.6. The third-order valence-corrected chi connectivity index (χ3v) is 3.06. The molecule has 0 aliphatic heterocycles. The first-order valence-electron chi connectivity index (χ1n) is 6.25. The van der Waals surface area contributed by atoms with Gasteiger partial charge in [0.25, 0.3) is 5.69 Å². The molecule has 0 heterocycles. The van der Waals surface area contributed by atoms with Crippen LogP contribution in [0.25, 0.3) is 11.1 Å². The molecule has 0 unspecified atom stereocenters. The highest BCUT2D eigenvalue weighted by molar-refractivity contribution is 5.68. The molecule has 0 atom stereocenters. The van der Waals surface area contributed by atoms with Gasteiger partial charge in [-0.15, -0.1) is 0 Å². The van der Waals surface area contributed by atoms with Gasteiger partial charge in [-0.1, -0.05) is 24.3 Å². The molecule has 2 aromatic carbocycles. The topological polar surface area (TPSA) is 69.2 Å². The summed E-state index contributed by atoms with van der Waals surface area (Å²) in [5.74, 6) is 0. The van der Waals surface area contributed by atoms with E-state index in [1.807, 2.05) is 18.2 Å². The number of nitro groups is 1. The molecule has 0 bridgehead atoms. The largest absolute Gasteiger partial charge is 0.330 e. The van der Waals surface area contributed by atoms with Crippen LogP contribution in [-0.2, 0) is 6.42 Å². The second-order valence-corrected chi connectivity index (χ2v) is 4.35. The summed E-state index contributed by atoms with van der Waals surface area (Å²) in [5.41, 5.74) is 9.00. The van der Waals surface area contributed by atoms with Crippen molar-refractivity contribution in [3.8, 4) is 11.1 Å². The maximum absolute atomic E-state index is 10.6. The van der Waals surface area contributed by atoms with Gasteiger partial charge in [0.05, 0.1) is 4.92 Å². The summed E-state index contributed by atoms with van der Waals surface area (Å²) < 4.78 is 0. The molecule has 98 valence electrons. The molecule has 2 aromatic rings. The number of nitrogens with zero attached hydrogens (tertiary/aromatic N) is 1. The van der Waals surface area contributed by atoms with Gasteiger partial charge in [-0.3, -0.25) is 10.1 Å². The lowest BCUT2D eigenvalue weighted by atomic mass is 9.96. The smallest absolute Gasteiger partial charge is 0.269 e. The van der Waals surface area contributed by atoms with Crippen molar-refractivity contribution in [3.63, 3.8) is 0 Å². The Morgan fingerprint density at radius 1 is 1.05 bits per heavy atom. The Morgan fingerprint density at radius 3 is 2.37 bits per heavy atom. The Kier molecular flexibility index (Phi) is 4.26. The summed E-state index contributed by atoms with van der Waals surface area (Å²) in [6.45, 7) is 0.661. The van der Waals surface area contributed by atoms with Crippen molar-refractivity contribution < 1.29 is 4.92 Å². The van der Waals surface area contributed by atoms with Gasteiger partial charge in [-0.25, -0.2) is 0 Å².